The van der Waals surface area contributed by atoms with E-state index in [0.29, 0.717) is 6.54 Å². The quantitative estimate of drug-likeness (QED) is 0.795. The molecule has 1 fully saturated rings. The van der Waals surface area contributed by atoms with Crippen LogP contribution in [0.15, 0.2) is 54.6 Å². The van der Waals surface area contributed by atoms with Gasteiger partial charge in [-0.1, -0.05) is 54.6 Å². The molecular formula is C16H18ClNO2. The van der Waals surface area contributed by atoms with Crippen LogP contribution in [0.5, 0.6) is 0 Å². The summed E-state index contributed by atoms with van der Waals surface area (Å²) in [6.07, 6.45) is -1.42. The van der Waals surface area contributed by atoms with Crippen LogP contribution in [-0.4, -0.2) is 29.0 Å². The number of hydrogen-bond acceptors (Lipinski definition) is 3. The number of hydrogen-bond donors (Lipinski definition) is 3. The van der Waals surface area contributed by atoms with Crippen LogP contribution < -0.4 is 5.32 Å². The van der Waals surface area contributed by atoms with Gasteiger partial charge in [0.05, 0.1) is 12.1 Å². The van der Waals surface area contributed by atoms with Crippen molar-refractivity contribution >= 4 is 12.4 Å². The number of rotatable bonds is 2. The van der Waals surface area contributed by atoms with Crippen LogP contribution in [0.3, 0.4) is 0 Å². The largest absolute Gasteiger partial charge is 0.389 e. The maximum Gasteiger partial charge on any atom is 0.101 e. The molecule has 0 radical (unpaired) electrons. The van der Waals surface area contributed by atoms with Crippen LogP contribution in [-0.2, 0) is 0 Å². The molecule has 2 aromatic rings. The van der Waals surface area contributed by atoms with Crippen LogP contribution in [0.4, 0.5) is 0 Å². The highest BCUT2D eigenvalue weighted by molar-refractivity contribution is 5.85. The van der Waals surface area contributed by atoms with Crippen molar-refractivity contribution in [1.29, 1.82) is 0 Å². The van der Waals surface area contributed by atoms with E-state index in [1.54, 1.807) is 0 Å². The van der Waals surface area contributed by atoms with Crippen molar-refractivity contribution in [3.8, 4) is 11.1 Å². The van der Waals surface area contributed by atoms with Crippen LogP contribution in [0.2, 0.25) is 0 Å². The Balaban J connectivity index is 0.00000147. The molecular weight excluding hydrogens is 274 g/mol. The van der Waals surface area contributed by atoms with Crippen LogP contribution in [0.25, 0.3) is 11.1 Å². The first-order valence-electron chi connectivity index (χ1n) is 6.50. The lowest BCUT2D eigenvalue weighted by atomic mass is 9.98. The van der Waals surface area contributed by atoms with Gasteiger partial charge in [0.2, 0.25) is 0 Å². The smallest absolute Gasteiger partial charge is 0.101 e. The van der Waals surface area contributed by atoms with E-state index < -0.39 is 12.2 Å². The standard InChI is InChI=1S/C16H17NO2.ClH/c18-14-10-17-15(16(14)19)13-8-6-12(7-9-13)11-4-2-1-3-5-11;/h1-9,14-19H,10H2;1H/t14-,15-,16+;/m1./s1. The maximum absolute atomic E-state index is 9.88. The third-order valence-electron chi connectivity index (χ3n) is 3.66. The summed E-state index contributed by atoms with van der Waals surface area (Å²) in [5, 5.41) is 22.6. The Hall–Kier alpha value is -1.39. The van der Waals surface area contributed by atoms with E-state index >= 15 is 0 Å². The molecule has 3 nitrogen and oxygen atoms in total. The molecule has 2 aromatic carbocycles. The molecule has 106 valence electrons. The predicted molar refractivity (Wildman–Crippen MR) is 81.9 cm³/mol. The molecule has 1 heterocycles. The van der Waals surface area contributed by atoms with E-state index in [0.717, 1.165) is 11.1 Å². The van der Waals surface area contributed by atoms with E-state index in [4.69, 9.17) is 0 Å². The molecule has 4 heteroatoms. The molecule has 1 aliphatic heterocycles. The lowest BCUT2D eigenvalue weighted by Gasteiger charge is -2.16. The minimum Gasteiger partial charge on any atom is -0.389 e. The molecule has 0 amide bonds. The summed E-state index contributed by atoms with van der Waals surface area (Å²) in [5.41, 5.74) is 3.33. The first-order valence-corrected chi connectivity index (χ1v) is 6.50. The first-order chi connectivity index (χ1) is 9.25. The van der Waals surface area contributed by atoms with Gasteiger partial charge in [-0.25, -0.2) is 0 Å². The Morgan fingerprint density at radius 1 is 0.850 bits per heavy atom. The molecule has 3 atom stereocenters. The fraction of sp³-hybridized carbons (Fsp3) is 0.250. The fourth-order valence-corrected chi connectivity index (χ4v) is 2.54. The average Bonchev–Trinajstić information content (AvgIpc) is 2.80. The minimum atomic E-state index is -0.734. The van der Waals surface area contributed by atoms with Gasteiger partial charge in [0, 0.05) is 6.54 Å². The van der Waals surface area contributed by atoms with E-state index in [1.807, 2.05) is 42.5 Å². The number of benzene rings is 2. The number of aliphatic hydroxyl groups is 2. The Labute approximate surface area is 124 Å². The summed E-state index contributed by atoms with van der Waals surface area (Å²) in [5.74, 6) is 0. The summed E-state index contributed by atoms with van der Waals surface area (Å²) in [6.45, 7) is 0.437. The zero-order valence-corrected chi connectivity index (χ0v) is 11.8. The molecule has 3 rings (SSSR count). The van der Waals surface area contributed by atoms with Crippen molar-refractivity contribution in [3.05, 3.63) is 60.2 Å². The van der Waals surface area contributed by atoms with Gasteiger partial charge in [0.15, 0.2) is 0 Å². The zero-order valence-electron chi connectivity index (χ0n) is 10.9. The van der Waals surface area contributed by atoms with E-state index in [-0.39, 0.29) is 18.4 Å². The second-order valence-electron chi connectivity index (χ2n) is 4.93. The summed E-state index contributed by atoms with van der Waals surface area (Å²) in [6, 6.07) is 18.1. The van der Waals surface area contributed by atoms with Crippen LogP contribution in [0.1, 0.15) is 11.6 Å². The summed E-state index contributed by atoms with van der Waals surface area (Å²) >= 11 is 0. The number of nitrogens with one attached hydrogen (secondary N) is 1. The lowest BCUT2D eigenvalue weighted by molar-refractivity contribution is 0.0405. The molecule has 1 saturated heterocycles. The fourth-order valence-electron chi connectivity index (χ4n) is 2.54. The second kappa shape index (κ2) is 6.37. The highest BCUT2D eigenvalue weighted by atomic mass is 35.5. The Morgan fingerprint density at radius 2 is 1.45 bits per heavy atom. The first kappa shape index (κ1) is 15.0. The van der Waals surface area contributed by atoms with E-state index in [2.05, 4.69) is 17.4 Å². The second-order valence-corrected chi connectivity index (χ2v) is 4.93. The van der Waals surface area contributed by atoms with Crippen molar-refractivity contribution in [2.24, 2.45) is 0 Å². The maximum atomic E-state index is 9.88. The van der Waals surface area contributed by atoms with Crippen molar-refractivity contribution in [2.45, 2.75) is 18.2 Å². The van der Waals surface area contributed by atoms with Crippen LogP contribution in [0, 0.1) is 0 Å². The molecule has 0 bridgehead atoms. The Morgan fingerprint density at radius 3 is 2.00 bits per heavy atom. The predicted octanol–water partition coefficient (Wildman–Crippen LogP) is 2.14. The SMILES string of the molecule is Cl.O[C@H]1[C@H](O)CN[C@@H]1c1ccc(-c2ccccc2)cc1. The topological polar surface area (TPSA) is 52.5 Å². The summed E-state index contributed by atoms with van der Waals surface area (Å²) < 4.78 is 0. The monoisotopic (exact) mass is 291 g/mol. The number of β-amino-alcohol motifs (C(OH)–C–C–N with tert-alkyl or cyclic N) is 1. The molecule has 0 unspecified atom stereocenters. The molecule has 20 heavy (non-hydrogen) atoms. The van der Waals surface area contributed by atoms with Crippen molar-refractivity contribution in [2.75, 3.05) is 6.54 Å². The normalized spacial score (nSPS) is 25.2. The van der Waals surface area contributed by atoms with E-state index in [9.17, 15) is 10.2 Å². The van der Waals surface area contributed by atoms with Gasteiger partial charge in [-0.15, -0.1) is 12.4 Å². The molecule has 1 aliphatic rings. The van der Waals surface area contributed by atoms with Gasteiger partial charge in [0.25, 0.3) is 0 Å². The highest BCUT2D eigenvalue weighted by Crippen LogP contribution is 2.26. The van der Waals surface area contributed by atoms with Crippen molar-refractivity contribution in [3.63, 3.8) is 0 Å². The molecule has 0 spiro atoms. The summed E-state index contributed by atoms with van der Waals surface area (Å²) in [7, 11) is 0. The third kappa shape index (κ3) is 2.86. The van der Waals surface area contributed by atoms with Gasteiger partial charge >= 0.3 is 0 Å². The molecule has 0 aliphatic carbocycles. The molecule has 0 saturated carbocycles. The Bertz CT molecular complexity index is 544. The number of aliphatic hydroxyl groups excluding tert-OH is 2. The van der Waals surface area contributed by atoms with Gasteiger partial charge < -0.3 is 15.5 Å². The highest BCUT2D eigenvalue weighted by Gasteiger charge is 2.33. The van der Waals surface area contributed by atoms with Gasteiger partial charge in [-0.05, 0) is 16.7 Å². The van der Waals surface area contributed by atoms with Crippen LogP contribution >= 0.6 is 12.4 Å². The van der Waals surface area contributed by atoms with E-state index in [1.165, 1.54) is 5.56 Å². The zero-order chi connectivity index (χ0) is 13.2. The Kier molecular flexibility index (Phi) is 4.78. The minimum absolute atomic E-state index is 0. The van der Waals surface area contributed by atoms with Crippen molar-refractivity contribution in [1.82, 2.24) is 5.32 Å². The lowest BCUT2D eigenvalue weighted by Crippen LogP contribution is -2.25. The average molecular weight is 292 g/mol. The van der Waals surface area contributed by atoms with Crippen molar-refractivity contribution < 1.29 is 10.2 Å². The van der Waals surface area contributed by atoms with Gasteiger partial charge in [0.1, 0.15) is 6.10 Å². The molecule has 0 aromatic heterocycles. The summed E-state index contributed by atoms with van der Waals surface area (Å²) in [4.78, 5) is 0. The molecule has 3 N–H and O–H groups in total. The third-order valence-corrected chi connectivity index (χ3v) is 3.66. The van der Waals surface area contributed by atoms with Gasteiger partial charge in [-0.2, -0.15) is 0 Å². The van der Waals surface area contributed by atoms with Gasteiger partial charge in [-0.3, -0.25) is 0 Å². The number of halogens is 1.